The van der Waals surface area contributed by atoms with Gasteiger partial charge in [0.1, 0.15) is 0 Å². The molecule has 0 aromatic heterocycles. The van der Waals surface area contributed by atoms with Crippen LogP contribution in [0.1, 0.15) is 31.8 Å². The van der Waals surface area contributed by atoms with Gasteiger partial charge in [0.25, 0.3) is 0 Å². The first-order valence-corrected chi connectivity index (χ1v) is 14.4. The molecule has 4 aliphatic heterocycles. The Balaban J connectivity index is 1.22. The molecule has 0 N–H and O–H groups in total. The highest BCUT2D eigenvalue weighted by Crippen LogP contribution is 2.55. The highest BCUT2D eigenvalue weighted by atomic mass is 16.7. The molecular formula is C34H26O12. The number of benzene rings is 4. The van der Waals surface area contributed by atoms with Crippen LogP contribution in [0.3, 0.4) is 0 Å². The lowest BCUT2D eigenvalue weighted by Gasteiger charge is -2.19. The van der Waals surface area contributed by atoms with Gasteiger partial charge in [0.15, 0.2) is 46.0 Å². The Morgan fingerprint density at radius 2 is 1.13 bits per heavy atom. The van der Waals surface area contributed by atoms with E-state index in [1.54, 1.807) is 12.1 Å². The van der Waals surface area contributed by atoms with Crippen LogP contribution in [0.4, 0.5) is 0 Å². The molecule has 12 heteroatoms. The molecule has 46 heavy (non-hydrogen) atoms. The first kappa shape index (κ1) is 27.7. The van der Waals surface area contributed by atoms with Gasteiger partial charge in [-0.2, -0.15) is 0 Å². The van der Waals surface area contributed by atoms with Crippen LogP contribution in [0.15, 0.2) is 48.5 Å². The maximum Gasteiger partial charge on any atom is 0.237 e. The highest BCUT2D eigenvalue weighted by Gasteiger charge is 2.35. The molecule has 0 amide bonds. The fourth-order valence-electron chi connectivity index (χ4n) is 5.98. The van der Waals surface area contributed by atoms with E-state index in [0.717, 1.165) is 11.1 Å². The van der Waals surface area contributed by atoms with Gasteiger partial charge in [-0.1, -0.05) is 6.07 Å². The molecule has 4 aromatic rings. The number of Topliss-reactive ketones (excluding diaryl/α,β-unsaturated/α-hetero) is 2. The predicted octanol–water partition coefficient (Wildman–Crippen LogP) is 5.14. The zero-order valence-corrected chi connectivity index (χ0v) is 24.8. The largest absolute Gasteiger partial charge is 0.492 e. The Labute approximate surface area is 262 Å². The van der Waals surface area contributed by atoms with Gasteiger partial charge >= 0.3 is 0 Å². The van der Waals surface area contributed by atoms with Crippen molar-refractivity contribution in [1.29, 1.82) is 0 Å². The second-order valence-electron chi connectivity index (χ2n) is 10.7. The van der Waals surface area contributed by atoms with Gasteiger partial charge < -0.3 is 47.4 Å². The molecule has 234 valence electrons. The fraction of sp³-hybridized carbons (Fsp3) is 0.235. The van der Waals surface area contributed by atoms with Crippen molar-refractivity contribution >= 4 is 11.6 Å². The number of aryl methyl sites for hydroxylation is 2. The second kappa shape index (κ2) is 11.0. The first-order chi connectivity index (χ1) is 22.5. The Hall–Kier alpha value is -5.78. The van der Waals surface area contributed by atoms with Crippen LogP contribution in [0.2, 0.25) is 0 Å². The number of carbonyl (C=O) groups excluding carboxylic acids is 2. The monoisotopic (exact) mass is 626 g/mol. The van der Waals surface area contributed by atoms with E-state index in [9.17, 15) is 9.59 Å². The summed E-state index contributed by atoms with van der Waals surface area (Å²) in [6.45, 7) is 0.0892. The van der Waals surface area contributed by atoms with E-state index in [-0.39, 0.29) is 49.8 Å². The van der Waals surface area contributed by atoms with Gasteiger partial charge in [-0.3, -0.25) is 9.59 Å². The van der Waals surface area contributed by atoms with Crippen LogP contribution in [-0.4, -0.2) is 53.0 Å². The molecule has 0 spiro atoms. The standard InChI is InChI=1S/C34H26O12/c1-37-30-20(10-19(29-33(30)45-15-43-29)5-3-17-4-7-23-25(9-17)41-13-39-23)21-12-22(32-34(31(21)38-2)46-16-44-32)28(36)27(35)18-6-8-24-26(11-18)42-14-40-24/h4,6-12H,3,5,13-16H2,1-2H3. The van der Waals surface area contributed by atoms with Crippen LogP contribution in [0, 0.1) is 0 Å². The van der Waals surface area contributed by atoms with E-state index >= 15 is 0 Å². The molecule has 12 nitrogen and oxygen atoms in total. The Kier molecular flexibility index (Phi) is 6.63. The fourth-order valence-corrected chi connectivity index (χ4v) is 5.98. The van der Waals surface area contributed by atoms with Crippen molar-refractivity contribution in [3.63, 3.8) is 0 Å². The molecule has 0 radical (unpaired) electrons. The summed E-state index contributed by atoms with van der Waals surface area (Å²) in [7, 11) is 3.00. The van der Waals surface area contributed by atoms with Crippen molar-refractivity contribution < 1.29 is 57.0 Å². The third-order valence-corrected chi connectivity index (χ3v) is 8.17. The van der Waals surface area contributed by atoms with Gasteiger partial charge in [0.05, 0.1) is 19.8 Å². The van der Waals surface area contributed by atoms with Gasteiger partial charge in [-0.05, 0) is 66.4 Å². The van der Waals surface area contributed by atoms with E-state index in [4.69, 9.17) is 47.4 Å². The van der Waals surface area contributed by atoms with Gasteiger partial charge in [0, 0.05) is 16.7 Å². The zero-order valence-electron chi connectivity index (χ0n) is 24.8. The number of carbonyl (C=O) groups is 2. The number of ether oxygens (including phenoxy) is 10. The van der Waals surface area contributed by atoms with Crippen LogP contribution < -0.4 is 47.4 Å². The van der Waals surface area contributed by atoms with Gasteiger partial charge in [0.2, 0.25) is 50.2 Å². The van der Waals surface area contributed by atoms with Crippen molar-refractivity contribution in [3.05, 3.63) is 70.8 Å². The number of hydrogen-bond acceptors (Lipinski definition) is 12. The van der Waals surface area contributed by atoms with Crippen molar-refractivity contribution in [2.75, 3.05) is 41.4 Å². The third-order valence-electron chi connectivity index (χ3n) is 8.17. The van der Waals surface area contributed by atoms with Crippen molar-refractivity contribution in [2.45, 2.75) is 12.8 Å². The normalized spacial score (nSPS) is 14.4. The third kappa shape index (κ3) is 4.44. The van der Waals surface area contributed by atoms with E-state index in [1.807, 2.05) is 24.3 Å². The van der Waals surface area contributed by atoms with Crippen LogP contribution in [0.5, 0.6) is 57.5 Å². The summed E-state index contributed by atoms with van der Waals surface area (Å²) >= 11 is 0. The smallest absolute Gasteiger partial charge is 0.237 e. The molecule has 8 rings (SSSR count). The van der Waals surface area contributed by atoms with Gasteiger partial charge in [-0.15, -0.1) is 0 Å². The van der Waals surface area contributed by atoms with E-state index in [1.165, 1.54) is 26.4 Å². The quantitative estimate of drug-likeness (QED) is 0.180. The molecule has 0 fully saturated rings. The molecule has 0 unspecified atom stereocenters. The topological polar surface area (TPSA) is 126 Å². The second-order valence-corrected chi connectivity index (χ2v) is 10.7. The molecule has 4 aliphatic rings. The zero-order chi connectivity index (χ0) is 31.4. The van der Waals surface area contributed by atoms with Gasteiger partial charge in [-0.25, -0.2) is 0 Å². The number of ketones is 2. The molecule has 0 saturated heterocycles. The number of methoxy groups -OCH3 is 2. The molecule has 0 atom stereocenters. The molecular weight excluding hydrogens is 600 g/mol. The average molecular weight is 627 g/mol. The van der Waals surface area contributed by atoms with E-state index < -0.39 is 11.6 Å². The SMILES string of the molecule is COc1c(-c2cc(C(=O)C(=O)c3ccc4c(c3)OCO4)c3c(c2OC)OCO3)cc(CCc2ccc3c(c2)OCO3)c2c1OCO2. The average Bonchev–Trinajstić information content (AvgIpc) is 3.91. The lowest BCUT2D eigenvalue weighted by atomic mass is 9.92. The number of fused-ring (bicyclic) bond motifs is 4. The Morgan fingerprint density at radius 1 is 0.565 bits per heavy atom. The number of rotatable bonds is 9. The summed E-state index contributed by atoms with van der Waals surface area (Å²) in [6, 6.07) is 13.9. The van der Waals surface area contributed by atoms with Crippen molar-refractivity contribution in [1.82, 2.24) is 0 Å². The summed E-state index contributed by atoms with van der Waals surface area (Å²) < 4.78 is 56.7. The first-order valence-electron chi connectivity index (χ1n) is 14.4. The predicted molar refractivity (Wildman–Crippen MR) is 158 cm³/mol. The lowest BCUT2D eigenvalue weighted by molar-refractivity contribution is 0.0814. The molecule has 4 heterocycles. The van der Waals surface area contributed by atoms with Crippen molar-refractivity contribution in [3.8, 4) is 68.6 Å². The minimum absolute atomic E-state index is 0.00703. The molecule has 0 saturated carbocycles. The molecule has 0 aliphatic carbocycles. The maximum atomic E-state index is 13.8. The lowest BCUT2D eigenvalue weighted by Crippen LogP contribution is -2.15. The summed E-state index contributed by atoms with van der Waals surface area (Å²) in [4.78, 5) is 27.4. The van der Waals surface area contributed by atoms with E-state index in [0.29, 0.717) is 70.0 Å². The van der Waals surface area contributed by atoms with Crippen LogP contribution in [-0.2, 0) is 12.8 Å². The summed E-state index contributed by atoms with van der Waals surface area (Å²) in [5.41, 5.74) is 3.02. The molecule has 0 bridgehead atoms. The molecule has 4 aromatic carbocycles. The highest BCUT2D eigenvalue weighted by molar-refractivity contribution is 6.50. The minimum Gasteiger partial charge on any atom is -0.492 e. The van der Waals surface area contributed by atoms with Crippen LogP contribution >= 0.6 is 0 Å². The summed E-state index contributed by atoms with van der Waals surface area (Å²) in [5.74, 6) is 2.72. The Bertz CT molecular complexity index is 1930. The van der Waals surface area contributed by atoms with Crippen LogP contribution in [0.25, 0.3) is 11.1 Å². The van der Waals surface area contributed by atoms with E-state index in [2.05, 4.69) is 0 Å². The number of hydrogen-bond donors (Lipinski definition) is 0. The van der Waals surface area contributed by atoms with Crippen molar-refractivity contribution in [2.24, 2.45) is 0 Å². The summed E-state index contributed by atoms with van der Waals surface area (Å²) in [5, 5.41) is 0. The summed E-state index contributed by atoms with van der Waals surface area (Å²) in [6.07, 6.45) is 1.23. The Morgan fingerprint density at radius 3 is 1.85 bits per heavy atom. The minimum atomic E-state index is -0.799. The maximum absolute atomic E-state index is 13.8.